The van der Waals surface area contributed by atoms with Gasteiger partial charge in [0, 0.05) is 30.4 Å². The molecule has 2 heterocycles. The molecule has 5 heteroatoms. The topological polar surface area (TPSA) is 60.5 Å². The Labute approximate surface area is 164 Å². The van der Waals surface area contributed by atoms with Gasteiger partial charge >= 0.3 is 5.97 Å². The zero-order valence-corrected chi connectivity index (χ0v) is 15.9. The number of rotatable bonds is 5. The van der Waals surface area contributed by atoms with E-state index in [0.29, 0.717) is 12.1 Å². The van der Waals surface area contributed by atoms with E-state index in [1.165, 1.54) is 23.8 Å². The molecule has 0 radical (unpaired) electrons. The third kappa shape index (κ3) is 3.62. The molecule has 0 aliphatic carbocycles. The Morgan fingerprint density at radius 2 is 1.93 bits per heavy atom. The van der Waals surface area contributed by atoms with Crippen molar-refractivity contribution in [1.29, 1.82) is 0 Å². The van der Waals surface area contributed by atoms with Crippen molar-refractivity contribution in [3.05, 3.63) is 83.2 Å². The number of benzene rings is 2. The van der Waals surface area contributed by atoms with E-state index in [1.807, 2.05) is 24.3 Å². The van der Waals surface area contributed by atoms with Gasteiger partial charge in [0.25, 0.3) is 0 Å². The molecule has 142 valence electrons. The van der Waals surface area contributed by atoms with E-state index in [9.17, 15) is 4.79 Å². The second-order valence-corrected chi connectivity index (χ2v) is 6.85. The van der Waals surface area contributed by atoms with Crippen LogP contribution in [0.1, 0.15) is 40.1 Å². The summed E-state index contributed by atoms with van der Waals surface area (Å²) in [6.07, 6.45) is 3.55. The van der Waals surface area contributed by atoms with Gasteiger partial charge in [0.2, 0.25) is 0 Å². The Morgan fingerprint density at radius 1 is 1.11 bits per heavy atom. The Kier molecular flexibility index (Phi) is 5.08. The third-order valence-electron chi connectivity index (χ3n) is 4.94. The normalized spacial score (nSPS) is 14.6. The number of pyridine rings is 1. The molecule has 2 aromatic carbocycles. The third-order valence-corrected chi connectivity index (χ3v) is 4.94. The van der Waals surface area contributed by atoms with Crippen LogP contribution >= 0.6 is 0 Å². The lowest BCUT2D eigenvalue weighted by Crippen LogP contribution is -2.15. The van der Waals surface area contributed by atoms with Crippen LogP contribution in [0, 0.1) is 0 Å². The zero-order chi connectivity index (χ0) is 19.5. The molecule has 3 aromatic rings. The summed E-state index contributed by atoms with van der Waals surface area (Å²) in [6.45, 7) is 3.46. The Hall–Kier alpha value is -3.18. The quantitative estimate of drug-likeness (QED) is 0.676. The molecule has 0 fully saturated rings. The molecule has 0 saturated carbocycles. The van der Waals surface area contributed by atoms with Crippen LogP contribution < -0.4 is 10.1 Å². The maximum atomic E-state index is 11.7. The second kappa shape index (κ2) is 7.82. The summed E-state index contributed by atoms with van der Waals surface area (Å²) in [5.74, 6) is 0.514. The molecule has 1 unspecified atom stereocenters. The smallest absolute Gasteiger partial charge is 0.337 e. The Bertz CT molecular complexity index is 1020. The minimum Gasteiger partial charge on any atom is -0.484 e. The van der Waals surface area contributed by atoms with E-state index in [1.54, 1.807) is 18.5 Å². The number of aromatic nitrogens is 1. The lowest BCUT2D eigenvalue weighted by molar-refractivity contribution is 0.0600. The second-order valence-electron chi connectivity index (χ2n) is 6.85. The Balaban J connectivity index is 1.46. The average molecular weight is 374 g/mol. The maximum absolute atomic E-state index is 11.7. The largest absolute Gasteiger partial charge is 0.484 e. The van der Waals surface area contributed by atoms with Crippen molar-refractivity contribution in [1.82, 2.24) is 10.3 Å². The van der Waals surface area contributed by atoms with E-state index in [0.717, 1.165) is 23.4 Å². The molecule has 28 heavy (non-hydrogen) atoms. The van der Waals surface area contributed by atoms with E-state index >= 15 is 0 Å². The van der Waals surface area contributed by atoms with Crippen molar-refractivity contribution in [3.63, 3.8) is 0 Å². The van der Waals surface area contributed by atoms with Gasteiger partial charge in [-0.2, -0.15) is 0 Å². The SMILES string of the molecule is COC(=O)c1cccc(CNCc2ccc3c(c2)C(C)Oc2cnccc2-3)c1. The highest BCUT2D eigenvalue weighted by Crippen LogP contribution is 2.41. The zero-order valence-electron chi connectivity index (χ0n) is 15.9. The molecule has 4 rings (SSSR count). The van der Waals surface area contributed by atoms with Crippen LogP contribution in [0.25, 0.3) is 11.1 Å². The average Bonchev–Trinajstić information content (AvgIpc) is 2.73. The predicted octanol–water partition coefficient (Wildman–Crippen LogP) is 4.28. The van der Waals surface area contributed by atoms with Crippen LogP contribution in [0.15, 0.2) is 60.9 Å². The van der Waals surface area contributed by atoms with E-state index in [-0.39, 0.29) is 12.1 Å². The van der Waals surface area contributed by atoms with Crippen molar-refractivity contribution in [3.8, 4) is 16.9 Å². The number of methoxy groups -OCH3 is 1. The number of esters is 1. The molecule has 0 amide bonds. The van der Waals surface area contributed by atoms with Gasteiger partial charge in [0.15, 0.2) is 0 Å². The number of nitrogens with one attached hydrogen (secondary N) is 1. The minimum atomic E-state index is -0.319. The van der Waals surface area contributed by atoms with Gasteiger partial charge in [-0.05, 0) is 41.8 Å². The van der Waals surface area contributed by atoms with Crippen molar-refractivity contribution in [2.24, 2.45) is 0 Å². The molecular formula is C23H22N2O3. The van der Waals surface area contributed by atoms with Gasteiger partial charge in [0.1, 0.15) is 11.9 Å². The van der Waals surface area contributed by atoms with Crippen LogP contribution in [-0.2, 0) is 17.8 Å². The van der Waals surface area contributed by atoms with Gasteiger partial charge in [-0.1, -0.05) is 30.3 Å². The number of nitrogens with zero attached hydrogens (tertiary/aromatic N) is 1. The van der Waals surface area contributed by atoms with Crippen molar-refractivity contribution < 1.29 is 14.3 Å². The van der Waals surface area contributed by atoms with Crippen LogP contribution in [0.2, 0.25) is 0 Å². The fourth-order valence-electron chi connectivity index (χ4n) is 3.53. The van der Waals surface area contributed by atoms with Gasteiger partial charge in [0.05, 0.1) is 18.9 Å². The lowest BCUT2D eigenvalue weighted by Gasteiger charge is -2.26. The minimum absolute atomic E-state index is 0.0108. The molecule has 1 aliphatic heterocycles. The maximum Gasteiger partial charge on any atom is 0.337 e. The van der Waals surface area contributed by atoms with Crippen LogP contribution in [0.5, 0.6) is 5.75 Å². The first-order valence-corrected chi connectivity index (χ1v) is 9.27. The van der Waals surface area contributed by atoms with Gasteiger partial charge in [-0.15, -0.1) is 0 Å². The van der Waals surface area contributed by atoms with Gasteiger partial charge in [-0.3, -0.25) is 4.98 Å². The van der Waals surface area contributed by atoms with E-state index in [4.69, 9.17) is 9.47 Å². The van der Waals surface area contributed by atoms with Gasteiger partial charge in [-0.25, -0.2) is 4.79 Å². The highest BCUT2D eigenvalue weighted by molar-refractivity contribution is 5.89. The summed E-state index contributed by atoms with van der Waals surface area (Å²) in [6, 6.07) is 16.0. The molecule has 1 atom stereocenters. The number of hydrogen-bond acceptors (Lipinski definition) is 5. The highest BCUT2D eigenvalue weighted by Gasteiger charge is 2.23. The summed E-state index contributed by atoms with van der Waals surface area (Å²) in [4.78, 5) is 15.8. The molecule has 1 N–H and O–H groups in total. The summed E-state index contributed by atoms with van der Waals surface area (Å²) in [5, 5.41) is 3.44. The van der Waals surface area contributed by atoms with E-state index in [2.05, 4.69) is 35.4 Å². The van der Waals surface area contributed by atoms with Crippen molar-refractivity contribution in [2.75, 3.05) is 7.11 Å². The van der Waals surface area contributed by atoms with E-state index < -0.39 is 0 Å². The highest BCUT2D eigenvalue weighted by atomic mass is 16.5. The number of hydrogen-bond donors (Lipinski definition) is 1. The molecule has 0 saturated heterocycles. The number of carbonyl (C=O) groups is 1. The molecule has 0 bridgehead atoms. The molecule has 5 nitrogen and oxygen atoms in total. The molecular weight excluding hydrogens is 352 g/mol. The summed E-state index contributed by atoms with van der Waals surface area (Å²) < 4.78 is 10.8. The summed E-state index contributed by atoms with van der Waals surface area (Å²) >= 11 is 0. The van der Waals surface area contributed by atoms with Crippen molar-refractivity contribution in [2.45, 2.75) is 26.1 Å². The molecule has 1 aromatic heterocycles. The number of fused-ring (bicyclic) bond motifs is 3. The predicted molar refractivity (Wildman–Crippen MR) is 107 cm³/mol. The summed E-state index contributed by atoms with van der Waals surface area (Å²) in [5.41, 5.74) is 6.27. The fraction of sp³-hybridized carbons (Fsp3) is 0.217. The lowest BCUT2D eigenvalue weighted by atomic mass is 9.92. The van der Waals surface area contributed by atoms with Gasteiger partial charge < -0.3 is 14.8 Å². The summed E-state index contributed by atoms with van der Waals surface area (Å²) in [7, 11) is 1.39. The standard InChI is InChI=1S/C23H22N2O3/c1-15-21-11-17(6-7-19(21)20-8-9-24-14-22(20)28-15)13-25-12-16-4-3-5-18(10-16)23(26)27-2/h3-11,14-15,25H,12-13H2,1-2H3. The number of ether oxygens (including phenoxy) is 2. The monoisotopic (exact) mass is 374 g/mol. The van der Waals surface area contributed by atoms with Crippen LogP contribution in [0.4, 0.5) is 0 Å². The number of carbonyl (C=O) groups excluding carboxylic acids is 1. The Morgan fingerprint density at radius 3 is 2.75 bits per heavy atom. The van der Waals surface area contributed by atoms with Crippen molar-refractivity contribution >= 4 is 5.97 Å². The first-order valence-electron chi connectivity index (χ1n) is 9.27. The molecule has 1 aliphatic rings. The molecule has 0 spiro atoms. The van der Waals surface area contributed by atoms with Crippen LogP contribution in [0.3, 0.4) is 0 Å². The first-order chi connectivity index (χ1) is 13.7. The first kappa shape index (κ1) is 18.2. The fourth-order valence-corrected chi connectivity index (χ4v) is 3.53. The van der Waals surface area contributed by atoms with Crippen LogP contribution in [-0.4, -0.2) is 18.1 Å².